The van der Waals surface area contributed by atoms with Crippen molar-refractivity contribution in [3.63, 3.8) is 0 Å². The molecule has 1 heterocycles. The van der Waals surface area contributed by atoms with Crippen molar-refractivity contribution >= 4 is 17.3 Å². The van der Waals surface area contributed by atoms with E-state index in [1.807, 2.05) is 0 Å². The molecule has 2 N–H and O–H groups in total. The van der Waals surface area contributed by atoms with Crippen molar-refractivity contribution in [2.45, 2.75) is 37.8 Å². The van der Waals surface area contributed by atoms with Crippen LogP contribution in [0.25, 0.3) is 0 Å². The number of aromatic nitrogens is 1. The Balaban J connectivity index is 2.11. The molecule has 2 rings (SSSR count). The SMILES string of the molecule is NC1CCCCC1Oc1ncc([N+](=O)[O-])cc1Cl. The van der Waals surface area contributed by atoms with Gasteiger partial charge in [0.15, 0.2) is 0 Å². The molecular formula is C11H14ClN3O3. The molecule has 1 aromatic heterocycles. The van der Waals surface area contributed by atoms with Crippen LogP contribution in [0.5, 0.6) is 5.88 Å². The summed E-state index contributed by atoms with van der Waals surface area (Å²) < 4.78 is 5.64. The average molecular weight is 272 g/mol. The number of nitrogens with zero attached hydrogens (tertiary/aromatic N) is 2. The van der Waals surface area contributed by atoms with Gasteiger partial charge in [0.25, 0.3) is 5.69 Å². The molecule has 6 nitrogen and oxygen atoms in total. The summed E-state index contributed by atoms with van der Waals surface area (Å²) in [6.07, 6.45) is 4.94. The Labute approximate surface area is 109 Å². The van der Waals surface area contributed by atoms with Crippen molar-refractivity contribution in [1.29, 1.82) is 0 Å². The number of hydrogen-bond donors (Lipinski definition) is 1. The van der Waals surface area contributed by atoms with E-state index in [9.17, 15) is 10.1 Å². The number of halogens is 1. The smallest absolute Gasteiger partial charge is 0.289 e. The highest BCUT2D eigenvalue weighted by atomic mass is 35.5. The van der Waals surface area contributed by atoms with E-state index in [0.717, 1.165) is 31.9 Å². The normalized spacial score (nSPS) is 23.7. The van der Waals surface area contributed by atoms with Gasteiger partial charge in [0.1, 0.15) is 17.3 Å². The predicted molar refractivity (Wildman–Crippen MR) is 66.8 cm³/mol. The molecular weight excluding hydrogens is 258 g/mol. The van der Waals surface area contributed by atoms with Crippen molar-refractivity contribution in [3.8, 4) is 5.88 Å². The maximum absolute atomic E-state index is 10.6. The second kappa shape index (κ2) is 5.49. The third kappa shape index (κ3) is 2.88. The first-order chi connectivity index (χ1) is 8.58. The van der Waals surface area contributed by atoms with E-state index < -0.39 is 4.92 Å². The Hall–Kier alpha value is -1.40. The lowest BCUT2D eigenvalue weighted by Crippen LogP contribution is -2.41. The quantitative estimate of drug-likeness (QED) is 0.673. The molecule has 0 bridgehead atoms. The van der Waals surface area contributed by atoms with Crippen LogP contribution < -0.4 is 10.5 Å². The summed E-state index contributed by atoms with van der Waals surface area (Å²) in [5.74, 6) is 0.213. The number of nitrogens with two attached hydrogens (primary N) is 1. The second-order valence-electron chi connectivity index (χ2n) is 4.34. The van der Waals surface area contributed by atoms with Crippen LogP contribution in [-0.2, 0) is 0 Å². The Bertz CT molecular complexity index is 455. The van der Waals surface area contributed by atoms with E-state index in [1.54, 1.807) is 0 Å². The predicted octanol–water partition coefficient (Wildman–Crippen LogP) is 2.29. The molecule has 18 heavy (non-hydrogen) atoms. The third-order valence-corrected chi connectivity index (χ3v) is 3.29. The molecule has 0 spiro atoms. The minimum atomic E-state index is -0.547. The Morgan fingerprint density at radius 3 is 2.83 bits per heavy atom. The van der Waals surface area contributed by atoms with Gasteiger partial charge < -0.3 is 10.5 Å². The zero-order valence-corrected chi connectivity index (χ0v) is 10.5. The Morgan fingerprint density at radius 2 is 2.22 bits per heavy atom. The summed E-state index contributed by atoms with van der Waals surface area (Å²) in [7, 11) is 0. The minimum Gasteiger partial charge on any atom is -0.472 e. The molecule has 98 valence electrons. The topological polar surface area (TPSA) is 91.3 Å². The fraction of sp³-hybridized carbons (Fsp3) is 0.545. The lowest BCUT2D eigenvalue weighted by Gasteiger charge is -2.28. The van der Waals surface area contributed by atoms with Crippen LogP contribution in [0, 0.1) is 10.1 Å². The van der Waals surface area contributed by atoms with E-state index in [0.29, 0.717) is 0 Å². The van der Waals surface area contributed by atoms with Gasteiger partial charge in [0, 0.05) is 12.1 Å². The van der Waals surface area contributed by atoms with Gasteiger partial charge in [0.05, 0.1) is 4.92 Å². The van der Waals surface area contributed by atoms with Gasteiger partial charge in [-0.15, -0.1) is 0 Å². The zero-order valence-electron chi connectivity index (χ0n) is 9.71. The van der Waals surface area contributed by atoms with E-state index in [1.165, 1.54) is 6.07 Å². The zero-order chi connectivity index (χ0) is 13.1. The molecule has 1 aromatic rings. The molecule has 1 aliphatic carbocycles. The molecule has 2 atom stereocenters. The molecule has 1 saturated carbocycles. The highest BCUT2D eigenvalue weighted by Gasteiger charge is 2.25. The molecule has 0 radical (unpaired) electrons. The van der Waals surface area contributed by atoms with E-state index in [2.05, 4.69) is 4.98 Å². The van der Waals surface area contributed by atoms with E-state index in [-0.39, 0.29) is 28.7 Å². The Kier molecular flexibility index (Phi) is 3.98. The molecule has 0 amide bonds. The summed E-state index contributed by atoms with van der Waals surface area (Å²) in [4.78, 5) is 13.9. The molecule has 0 aliphatic heterocycles. The number of rotatable bonds is 3. The second-order valence-corrected chi connectivity index (χ2v) is 4.75. The standard InChI is InChI=1S/C11H14ClN3O3/c12-8-5-7(15(16)17)6-14-11(8)18-10-4-2-1-3-9(10)13/h5-6,9-10H,1-4,13H2. The number of hydrogen-bond acceptors (Lipinski definition) is 5. The van der Waals surface area contributed by atoms with Crippen LogP contribution in [0.1, 0.15) is 25.7 Å². The average Bonchev–Trinajstić information content (AvgIpc) is 2.34. The fourth-order valence-electron chi connectivity index (χ4n) is 2.02. The largest absolute Gasteiger partial charge is 0.472 e. The molecule has 7 heteroatoms. The molecule has 2 unspecified atom stereocenters. The first-order valence-corrected chi connectivity index (χ1v) is 6.18. The van der Waals surface area contributed by atoms with Crippen LogP contribution in [0.4, 0.5) is 5.69 Å². The van der Waals surface area contributed by atoms with Gasteiger partial charge in [-0.3, -0.25) is 10.1 Å². The molecule has 1 fully saturated rings. The minimum absolute atomic E-state index is 0.0354. The Morgan fingerprint density at radius 1 is 1.50 bits per heavy atom. The van der Waals surface area contributed by atoms with Crippen molar-refractivity contribution in [2.75, 3.05) is 0 Å². The van der Waals surface area contributed by atoms with Gasteiger partial charge in [-0.05, 0) is 19.3 Å². The third-order valence-electron chi connectivity index (χ3n) is 3.02. The van der Waals surface area contributed by atoms with Gasteiger partial charge in [-0.25, -0.2) is 4.98 Å². The maximum Gasteiger partial charge on any atom is 0.289 e. The van der Waals surface area contributed by atoms with Gasteiger partial charge in [0.2, 0.25) is 5.88 Å². The molecule has 1 aliphatic rings. The first kappa shape index (κ1) is 13.0. The summed E-state index contributed by atoms with van der Waals surface area (Å²) in [6, 6.07) is 1.20. The molecule has 0 aromatic carbocycles. The van der Waals surface area contributed by atoms with Crippen LogP contribution in [0.3, 0.4) is 0 Å². The van der Waals surface area contributed by atoms with Crippen LogP contribution in [0.2, 0.25) is 5.02 Å². The van der Waals surface area contributed by atoms with Crippen LogP contribution in [-0.4, -0.2) is 22.1 Å². The number of pyridine rings is 1. The van der Waals surface area contributed by atoms with Crippen molar-refractivity contribution < 1.29 is 9.66 Å². The van der Waals surface area contributed by atoms with Crippen molar-refractivity contribution in [3.05, 3.63) is 27.4 Å². The highest BCUT2D eigenvalue weighted by molar-refractivity contribution is 6.32. The monoisotopic (exact) mass is 271 g/mol. The van der Waals surface area contributed by atoms with Gasteiger partial charge >= 0.3 is 0 Å². The van der Waals surface area contributed by atoms with E-state index in [4.69, 9.17) is 22.1 Å². The van der Waals surface area contributed by atoms with Gasteiger partial charge in [-0.2, -0.15) is 0 Å². The van der Waals surface area contributed by atoms with E-state index >= 15 is 0 Å². The number of ether oxygens (including phenoxy) is 1. The van der Waals surface area contributed by atoms with Crippen molar-refractivity contribution in [1.82, 2.24) is 4.98 Å². The van der Waals surface area contributed by atoms with Gasteiger partial charge in [-0.1, -0.05) is 18.0 Å². The first-order valence-electron chi connectivity index (χ1n) is 5.80. The maximum atomic E-state index is 10.6. The van der Waals surface area contributed by atoms with Crippen LogP contribution >= 0.6 is 11.6 Å². The fourth-order valence-corrected chi connectivity index (χ4v) is 2.22. The lowest BCUT2D eigenvalue weighted by atomic mass is 9.93. The number of nitro groups is 1. The van der Waals surface area contributed by atoms with Crippen molar-refractivity contribution in [2.24, 2.45) is 5.73 Å². The summed E-state index contributed by atoms with van der Waals surface area (Å²) >= 11 is 5.91. The molecule has 0 saturated heterocycles. The van der Waals surface area contributed by atoms with Crippen LogP contribution in [0.15, 0.2) is 12.3 Å². The summed E-state index contributed by atoms with van der Waals surface area (Å²) in [5.41, 5.74) is 5.80. The highest BCUT2D eigenvalue weighted by Crippen LogP contribution is 2.29. The summed E-state index contributed by atoms with van der Waals surface area (Å²) in [6.45, 7) is 0. The lowest BCUT2D eigenvalue weighted by molar-refractivity contribution is -0.385. The summed E-state index contributed by atoms with van der Waals surface area (Å²) in [5, 5.41) is 10.7.